The van der Waals surface area contributed by atoms with Crippen LogP contribution in [-0.4, -0.2) is 0 Å². The number of halogens is 1. The van der Waals surface area contributed by atoms with E-state index in [0.29, 0.717) is 5.92 Å². The van der Waals surface area contributed by atoms with Gasteiger partial charge in [0.1, 0.15) is 0 Å². The lowest BCUT2D eigenvalue weighted by Gasteiger charge is -2.16. The highest BCUT2D eigenvalue weighted by molar-refractivity contribution is 6.31. The number of allylic oxidation sites excluding steroid dienone is 3. The standard InChI is InChI=1S/C12H12ClN/c13-12-7-2-1-6-11(12)9-4-3-5-10(14)8-9/h1-3,5-9H,4,14H2. The minimum Gasteiger partial charge on any atom is -0.399 e. The van der Waals surface area contributed by atoms with Gasteiger partial charge in [0, 0.05) is 16.6 Å². The van der Waals surface area contributed by atoms with Crippen molar-refractivity contribution in [3.8, 4) is 0 Å². The zero-order valence-electron chi connectivity index (χ0n) is 7.78. The summed E-state index contributed by atoms with van der Waals surface area (Å²) in [5, 5.41) is 0.817. The molecule has 1 aromatic rings. The maximum Gasteiger partial charge on any atom is 0.0444 e. The van der Waals surface area contributed by atoms with Crippen LogP contribution in [0.5, 0.6) is 0 Å². The van der Waals surface area contributed by atoms with E-state index >= 15 is 0 Å². The van der Waals surface area contributed by atoms with E-state index < -0.39 is 0 Å². The first-order valence-electron chi connectivity index (χ1n) is 4.65. The summed E-state index contributed by atoms with van der Waals surface area (Å²) >= 11 is 6.11. The summed E-state index contributed by atoms with van der Waals surface area (Å²) < 4.78 is 0. The second-order valence-corrected chi connectivity index (χ2v) is 3.84. The number of nitrogens with two attached hydrogens (primary N) is 1. The molecule has 2 N–H and O–H groups in total. The molecule has 1 aromatic carbocycles. The Kier molecular flexibility index (Phi) is 2.60. The zero-order valence-corrected chi connectivity index (χ0v) is 8.54. The highest BCUT2D eigenvalue weighted by atomic mass is 35.5. The van der Waals surface area contributed by atoms with Crippen molar-refractivity contribution in [3.63, 3.8) is 0 Å². The van der Waals surface area contributed by atoms with Gasteiger partial charge >= 0.3 is 0 Å². The fourth-order valence-electron chi connectivity index (χ4n) is 1.70. The van der Waals surface area contributed by atoms with Crippen LogP contribution in [0.15, 0.2) is 48.2 Å². The number of hydrogen-bond acceptors (Lipinski definition) is 1. The van der Waals surface area contributed by atoms with Crippen molar-refractivity contribution in [2.24, 2.45) is 5.73 Å². The summed E-state index contributed by atoms with van der Waals surface area (Å²) in [6.45, 7) is 0. The summed E-state index contributed by atoms with van der Waals surface area (Å²) in [5.74, 6) is 0.327. The Balaban J connectivity index is 2.33. The molecule has 0 aliphatic heterocycles. The van der Waals surface area contributed by atoms with Crippen molar-refractivity contribution in [1.82, 2.24) is 0 Å². The van der Waals surface area contributed by atoms with E-state index in [4.69, 9.17) is 17.3 Å². The Morgan fingerprint density at radius 1 is 1.29 bits per heavy atom. The van der Waals surface area contributed by atoms with Crippen molar-refractivity contribution in [3.05, 3.63) is 58.8 Å². The Morgan fingerprint density at radius 2 is 2.07 bits per heavy atom. The molecule has 0 amide bonds. The molecule has 0 saturated carbocycles. The van der Waals surface area contributed by atoms with Crippen LogP contribution in [0, 0.1) is 0 Å². The van der Waals surface area contributed by atoms with Gasteiger partial charge in [-0.25, -0.2) is 0 Å². The average molecular weight is 206 g/mol. The molecule has 2 rings (SSSR count). The minimum atomic E-state index is 0.327. The fourth-order valence-corrected chi connectivity index (χ4v) is 1.98. The SMILES string of the molecule is NC1=CC(c2ccccc2Cl)CC=C1. The maximum absolute atomic E-state index is 6.11. The first-order chi connectivity index (χ1) is 6.77. The number of benzene rings is 1. The Bertz CT molecular complexity index is 393. The maximum atomic E-state index is 6.11. The first-order valence-corrected chi connectivity index (χ1v) is 5.03. The monoisotopic (exact) mass is 205 g/mol. The lowest BCUT2D eigenvalue weighted by Crippen LogP contribution is -2.04. The van der Waals surface area contributed by atoms with E-state index in [1.165, 1.54) is 0 Å². The van der Waals surface area contributed by atoms with E-state index in [-0.39, 0.29) is 0 Å². The van der Waals surface area contributed by atoms with Crippen molar-refractivity contribution in [2.75, 3.05) is 0 Å². The van der Waals surface area contributed by atoms with Gasteiger partial charge in [0.05, 0.1) is 0 Å². The molecule has 1 aliphatic carbocycles. The molecule has 1 nitrogen and oxygen atoms in total. The molecule has 1 atom stereocenters. The van der Waals surface area contributed by atoms with E-state index in [1.54, 1.807) is 0 Å². The molecule has 72 valence electrons. The third-order valence-corrected chi connectivity index (χ3v) is 2.74. The summed E-state index contributed by atoms with van der Waals surface area (Å²) in [5.41, 5.74) is 7.72. The molecule has 1 aliphatic rings. The Hall–Kier alpha value is -1.21. The van der Waals surface area contributed by atoms with Crippen molar-refractivity contribution >= 4 is 11.6 Å². The molecule has 0 aromatic heterocycles. The largest absolute Gasteiger partial charge is 0.399 e. The predicted octanol–water partition coefficient (Wildman–Crippen LogP) is 3.23. The zero-order chi connectivity index (χ0) is 9.97. The lowest BCUT2D eigenvalue weighted by molar-refractivity contribution is 0.841. The van der Waals surface area contributed by atoms with Gasteiger partial charge in [0.25, 0.3) is 0 Å². The van der Waals surface area contributed by atoms with Gasteiger partial charge in [-0.1, -0.05) is 42.0 Å². The summed E-state index contributed by atoms with van der Waals surface area (Å²) in [4.78, 5) is 0. The predicted molar refractivity (Wildman–Crippen MR) is 60.2 cm³/mol. The average Bonchev–Trinajstić information content (AvgIpc) is 2.18. The molecular formula is C12H12ClN. The van der Waals surface area contributed by atoms with E-state index in [2.05, 4.69) is 18.2 Å². The van der Waals surface area contributed by atoms with Crippen LogP contribution in [0.3, 0.4) is 0 Å². The molecule has 0 radical (unpaired) electrons. The van der Waals surface area contributed by atoms with Gasteiger partial charge in [0.15, 0.2) is 0 Å². The van der Waals surface area contributed by atoms with E-state index in [0.717, 1.165) is 22.7 Å². The molecule has 1 unspecified atom stereocenters. The van der Waals surface area contributed by atoms with E-state index in [1.807, 2.05) is 24.3 Å². The normalized spacial score (nSPS) is 20.6. The van der Waals surface area contributed by atoms with Crippen LogP contribution in [0.25, 0.3) is 0 Å². The van der Waals surface area contributed by atoms with Crippen LogP contribution >= 0.6 is 11.6 Å². The molecule has 2 heteroatoms. The topological polar surface area (TPSA) is 26.0 Å². The van der Waals surface area contributed by atoms with Gasteiger partial charge in [-0.15, -0.1) is 0 Å². The second-order valence-electron chi connectivity index (χ2n) is 3.43. The van der Waals surface area contributed by atoms with Crippen molar-refractivity contribution in [1.29, 1.82) is 0 Å². The Morgan fingerprint density at radius 3 is 2.79 bits per heavy atom. The summed E-state index contributed by atoms with van der Waals surface area (Å²) in [6.07, 6.45) is 7.06. The van der Waals surface area contributed by atoms with Gasteiger partial charge in [-0.3, -0.25) is 0 Å². The van der Waals surface area contributed by atoms with Crippen LogP contribution in [-0.2, 0) is 0 Å². The highest BCUT2D eigenvalue weighted by Gasteiger charge is 2.12. The fraction of sp³-hybridized carbons (Fsp3) is 0.167. The van der Waals surface area contributed by atoms with Gasteiger partial charge in [0.2, 0.25) is 0 Å². The highest BCUT2D eigenvalue weighted by Crippen LogP contribution is 2.30. The molecule has 14 heavy (non-hydrogen) atoms. The summed E-state index contributed by atoms with van der Waals surface area (Å²) in [7, 11) is 0. The van der Waals surface area contributed by atoms with Gasteiger partial charge < -0.3 is 5.73 Å². The Labute approximate surface area is 88.9 Å². The molecule has 0 spiro atoms. The minimum absolute atomic E-state index is 0.327. The van der Waals surface area contributed by atoms with Crippen LogP contribution in [0.2, 0.25) is 5.02 Å². The third kappa shape index (κ3) is 1.83. The van der Waals surface area contributed by atoms with Crippen molar-refractivity contribution < 1.29 is 0 Å². The van der Waals surface area contributed by atoms with E-state index in [9.17, 15) is 0 Å². The smallest absolute Gasteiger partial charge is 0.0444 e. The summed E-state index contributed by atoms with van der Waals surface area (Å²) in [6, 6.07) is 7.91. The lowest BCUT2D eigenvalue weighted by atomic mass is 9.91. The van der Waals surface area contributed by atoms with Crippen LogP contribution in [0.1, 0.15) is 17.9 Å². The second kappa shape index (κ2) is 3.89. The van der Waals surface area contributed by atoms with Gasteiger partial charge in [-0.2, -0.15) is 0 Å². The number of rotatable bonds is 1. The van der Waals surface area contributed by atoms with Crippen LogP contribution in [0.4, 0.5) is 0 Å². The third-order valence-electron chi connectivity index (χ3n) is 2.40. The van der Waals surface area contributed by atoms with Gasteiger partial charge in [-0.05, 0) is 24.1 Å². The van der Waals surface area contributed by atoms with Crippen molar-refractivity contribution in [2.45, 2.75) is 12.3 Å². The quantitative estimate of drug-likeness (QED) is 0.749. The number of hydrogen-bond donors (Lipinski definition) is 1. The first kappa shape index (κ1) is 9.35. The molecule has 0 heterocycles. The molecule has 0 bridgehead atoms. The molecule has 0 saturated heterocycles. The molecule has 0 fully saturated rings. The van der Waals surface area contributed by atoms with Crippen LogP contribution < -0.4 is 5.73 Å². The molecular weight excluding hydrogens is 194 g/mol.